The summed E-state index contributed by atoms with van der Waals surface area (Å²) in [7, 11) is 0. The Morgan fingerprint density at radius 1 is 0.962 bits per heavy atom. The molecule has 0 aromatic heterocycles. The van der Waals surface area contributed by atoms with Gasteiger partial charge in [0.25, 0.3) is 0 Å². The van der Waals surface area contributed by atoms with E-state index >= 15 is 0 Å². The first kappa shape index (κ1) is 17.8. The van der Waals surface area contributed by atoms with E-state index in [0.717, 1.165) is 42.9 Å². The lowest BCUT2D eigenvalue weighted by Crippen LogP contribution is -2.33. The molecular weight excluding hydrogens is 330 g/mol. The monoisotopic (exact) mass is 353 g/mol. The zero-order valence-electron chi connectivity index (χ0n) is 14.6. The molecule has 2 N–H and O–H groups in total. The molecule has 1 heterocycles. The third-order valence-corrected chi connectivity index (χ3v) is 4.23. The predicted molar refractivity (Wildman–Crippen MR) is 101 cm³/mol. The molecule has 0 radical (unpaired) electrons. The number of benzene rings is 2. The first-order valence-corrected chi connectivity index (χ1v) is 8.81. The SMILES string of the molecule is O=C(CNC(=O)OCc1ccccc1)Nc1ccccc1N1CCCC1. The summed E-state index contributed by atoms with van der Waals surface area (Å²) in [5, 5.41) is 5.34. The summed E-state index contributed by atoms with van der Waals surface area (Å²) in [5.74, 6) is -0.284. The minimum atomic E-state index is -0.614. The highest BCUT2D eigenvalue weighted by Gasteiger charge is 2.16. The summed E-state index contributed by atoms with van der Waals surface area (Å²) in [6, 6.07) is 17.1. The number of alkyl carbamates (subject to hydrolysis) is 1. The molecule has 0 saturated carbocycles. The van der Waals surface area contributed by atoms with Crippen molar-refractivity contribution in [3.63, 3.8) is 0 Å². The van der Waals surface area contributed by atoms with Crippen LogP contribution in [0.2, 0.25) is 0 Å². The number of nitrogens with zero attached hydrogens (tertiary/aromatic N) is 1. The fourth-order valence-electron chi connectivity index (χ4n) is 2.93. The highest BCUT2D eigenvalue weighted by atomic mass is 16.5. The van der Waals surface area contributed by atoms with Crippen LogP contribution in [0.5, 0.6) is 0 Å². The molecule has 1 aliphatic heterocycles. The number of rotatable bonds is 6. The van der Waals surface area contributed by atoms with Crippen LogP contribution in [-0.2, 0) is 16.1 Å². The Morgan fingerprint density at radius 2 is 1.65 bits per heavy atom. The van der Waals surface area contributed by atoms with E-state index in [4.69, 9.17) is 4.74 Å². The molecule has 1 saturated heterocycles. The van der Waals surface area contributed by atoms with E-state index in [-0.39, 0.29) is 19.1 Å². The number of para-hydroxylation sites is 2. The summed E-state index contributed by atoms with van der Waals surface area (Å²) in [6.07, 6.45) is 1.71. The zero-order valence-corrected chi connectivity index (χ0v) is 14.6. The van der Waals surface area contributed by atoms with Gasteiger partial charge in [0.2, 0.25) is 5.91 Å². The van der Waals surface area contributed by atoms with Crippen molar-refractivity contribution in [2.45, 2.75) is 19.4 Å². The predicted octanol–water partition coefficient (Wildman–Crippen LogP) is 3.15. The molecule has 136 valence electrons. The van der Waals surface area contributed by atoms with E-state index in [1.807, 2.05) is 54.6 Å². The van der Waals surface area contributed by atoms with Crippen molar-refractivity contribution in [2.75, 3.05) is 29.9 Å². The molecule has 0 atom stereocenters. The third kappa shape index (κ3) is 4.99. The van der Waals surface area contributed by atoms with Crippen molar-refractivity contribution in [1.82, 2.24) is 5.32 Å². The second kappa shape index (κ2) is 8.89. The van der Waals surface area contributed by atoms with Crippen LogP contribution in [0.15, 0.2) is 54.6 Å². The quantitative estimate of drug-likeness (QED) is 0.837. The Balaban J connectivity index is 1.46. The maximum absolute atomic E-state index is 12.2. The molecule has 0 spiro atoms. The van der Waals surface area contributed by atoms with Gasteiger partial charge in [-0.1, -0.05) is 42.5 Å². The number of hydrogen-bond donors (Lipinski definition) is 2. The first-order valence-electron chi connectivity index (χ1n) is 8.81. The Hall–Kier alpha value is -3.02. The second-order valence-electron chi connectivity index (χ2n) is 6.17. The minimum absolute atomic E-state index is 0.137. The molecule has 26 heavy (non-hydrogen) atoms. The summed E-state index contributed by atoms with van der Waals surface area (Å²) < 4.78 is 5.10. The molecule has 6 heteroatoms. The normalized spacial score (nSPS) is 13.3. The largest absolute Gasteiger partial charge is 0.445 e. The van der Waals surface area contributed by atoms with Crippen molar-refractivity contribution in [3.8, 4) is 0 Å². The van der Waals surface area contributed by atoms with Gasteiger partial charge < -0.3 is 20.3 Å². The number of carbonyl (C=O) groups excluding carboxylic acids is 2. The van der Waals surface area contributed by atoms with Gasteiger partial charge >= 0.3 is 6.09 Å². The van der Waals surface area contributed by atoms with E-state index in [9.17, 15) is 9.59 Å². The lowest BCUT2D eigenvalue weighted by molar-refractivity contribution is -0.115. The summed E-state index contributed by atoms with van der Waals surface area (Å²) in [5.41, 5.74) is 2.68. The van der Waals surface area contributed by atoms with Crippen molar-refractivity contribution in [3.05, 3.63) is 60.2 Å². The van der Waals surface area contributed by atoms with Crippen LogP contribution in [0.3, 0.4) is 0 Å². The maximum Gasteiger partial charge on any atom is 0.407 e. The average molecular weight is 353 g/mol. The zero-order chi connectivity index (χ0) is 18.2. The fraction of sp³-hybridized carbons (Fsp3) is 0.300. The smallest absolute Gasteiger partial charge is 0.407 e. The van der Waals surface area contributed by atoms with Crippen LogP contribution in [0.1, 0.15) is 18.4 Å². The summed E-state index contributed by atoms with van der Waals surface area (Å²) in [6.45, 7) is 2.03. The minimum Gasteiger partial charge on any atom is -0.445 e. The van der Waals surface area contributed by atoms with E-state index < -0.39 is 6.09 Å². The van der Waals surface area contributed by atoms with Crippen LogP contribution >= 0.6 is 0 Å². The van der Waals surface area contributed by atoms with Crippen LogP contribution < -0.4 is 15.5 Å². The molecule has 2 amide bonds. The van der Waals surface area contributed by atoms with Gasteiger partial charge in [0.15, 0.2) is 0 Å². The first-order chi connectivity index (χ1) is 12.7. The van der Waals surface area contributed by atoms with Gasteiger partial charge in [0.05, 0.1) is 11.4 Å². The highest BCUT2D eigenvalue weighted by Crippen LogP contribution is 2.28. The van der Waals surface area contributed by atoms with Gasteiger partial charge in [0.1, 0.15) is 13.2 Å². The number of ether oxygens (including phenoxy) is 1. The highest BCUT2D eigenvalue weighted by molar-refractivity contribution is 5.96. The molecule has 0 bridgehead atoms. The lowest BCUT2D eigenvalue weighted by Gasteiger charge is -2.21. The molecule has 0 unspecified atom stereocenters. The van der Waals surface area contributed by atoms with Crippen molar-refractivity contribution in [1.29, 1.82) is 0 Å². The van der Waals surface area contributed by atoms with Crippen molar-refractivity contribution in [2.24, 2.45) is 0 Å². The number of amides is 2. The molecule has 2 aromatic rings. The van der Waals surface area contributed by atoms with E-state index in [0.29, 0.717) is 0 Å². The van der Waals surface area contributed by atoms with Gasteiger partial charge in [-0.05, 0) is 30.5 Å². The standard InChI is InChI=1S/C20H23N3O3/c24-19(14-21-20(25)26-15-16-8-2-1-3-9-16)22-17-10-4-5-11-18(17)23-12-6-7-13-23/h1-5,8-11H,6-7,12-15H2,(H,21,25)(H,22,24). The van der Waals surface area contributed by atoms with E-state index in [1.165, 1.54) is 0 Å². The number of carbonyl (C=O) groups is 2. The van der Waals surface area contributed by atoms with Gasteiger partial charge in [-0.25, -0.2) is 4.79 Å². The van der Waals surface area contributed by atoms with Gasteiger partial charge in [-0.15, -0.1) is 0 Å². The molecule has 1 fully saturated rings. The third-order valence-electron chi connectivity index (χ3n) is 4.23. The average Bonchev–Trinajstić information content (AvgIpc) is 3.20. The second-order valence-corrected chi connectivity index (χ2v) is 6.17. The molecule has 1 aliphatic rings. The lowest BCUT2D eigenvalue weighted by atomic mass is 10.2. The molecule has 0 aliphatic carbocycles. The topological polar surface area (TPSA) is 70.7 Å². The Morgan fingerprint density at radius 3 is 2.42 bits per heavy atom. The van der Waals surface area contributed by atoms with Gasteiger partial charge in [0, 0.05) is 13.1 Å². The van der Waals surface area contributed by atoms with E-state index in [2.05, 4.69) is 15.5 Å². The Bertz CT molecular complexity index is 743. The van der Waals surface area contributed by atoms with Crippen molar-refractivity contribution < 1.29 is 14.3 Å². The molecule has 6 nitrogen and oxygen atoms in total. The maximum atomic E-state index is 12.2. The molecule has 2 aromatic carbocycles. The van der Waals surface area contributed by atoms with E-state index in [1.54, 1.807) is 0 Å². The Kier molecular flexibility index (Phi) is 6.09. The number of hydrogen-bond acceptors (Lipinski definition) is 4. The van der Waals surface area contributed by atoms with Gasteiger partial charge in [-0.3, -0.25) is 4.79 Å². The van der Waals surface area contributed by atoms with Crippen LogP contribution in [0.4, 0.5) is 16.2 Å². The van der Waals surface area contributed by atoms with Crippen LogP contribution in [-0.4, -0.2) is 31.6 Å². The van der Waals surface area contributed by atoms with Gasteiger partial charge in [-0.2, -0.15) is 0 Å². The fourth-order valence-corrected chi connectivity index (χ4v) is 2.93. The molecular formula is C20H23N3O3. The van der Waals surface area contributed by atoms with Crippen LogP contribution in [0, 0.1) is 0 Å². The van der Waals surface area contributed by atoms with Crippen LogP contribution in [0.25, 0.3) is 0 Å². The number of anilines is 2. The summed E-state index contributed by atoms with van der Waals surface area (Å²) >= 11 is 0. The summed E-state index contributed by atoms with van der Waals surface area (Å²) in [4.78, 5) is 26.1. The number of nitrogens with one attached hydrogen (secondary N) is 2. The van der Waals surface area contributed by atoms with Crippen molar-refractivity contribution >= 4 is 23.4 Å². The Labute approximate surface area is 153 Å². The molecule has 3 rings (SSSR count).